The molecule has 0 spiro atoms. The zero-order chi connectivity index (χ0) is 19.7. The predicted molar refractivity (Wildman–Crippen MR) is 112 cm³/mol. The lowest BCUT2D eigenvalue weighted by molar-refractivity contribution is 0.221. The van der Waals surface area contributed by atoms with Crippen molar-refractivity contribution in [2.45, 2.75) is 38.6 Å². The van der Waals surface area contributed by atoms with Crippen LogP contribution in [0.15, 0.2) is 53.3 Å². The molecule has 0 fully saturated rings. The quantitative estimate of drug-likeness (QED) is 0.756. The zero-order valence-electron chi connectivity index (χ0n) is 16.5. The number of aromatic amines is 1. The fourth-order valence-corrected chi connectivity index (χ4v) is 4.18. The molecule has 4 rings (SSSR count). The van der Waals surface area contributed by atoms with E-state index < -0.39 is 5.41 Å². The molecule has 2 aromatic carbocycles. The van der Waals surface area contributed by atoms with Gasteiger partial charge < -0.3 is 4.98 Å². The van der Waals surface area contributed by atoms with Crippen molar-refractivity contribution in [3.05, 3.63) is 81.1 Å². The minimum atomic E-state index is -0.638. The molecule has 0 amide bonds. The number of pyridine rings is 1. The largest absolute Gasteiger partial charge is 0.322 e. The van der Waals surface area contributed by atoms with Crippen LogP contribution in [0.25, 0.3) is 10.9 Å². The molecule has 1 aliphatic heterocycles. The van der Waals surface area contributed by atoms with Gasteiger partial charge in [-0.2, -0.15) is 5.26 Å². The highest BCUT2D eigenvalue weighted by Gasteiger charge is 2.31. The highest BCUT2D eigenvalue weighted by molar-refractivity contribution is 5.80. The first kappa shape index (κ1) is 18.5. The van der Waals surface area contributed by atoms with Crippen LogP contribution in [0, 0.1) is 11.3 Å². The molecule has 142 valence electrons. The molecule has 1 N–H and O–H groups in total. The van der Waals surface area contributed by atoms with Gasteiger partial charge in [0.25, 0.3) is 5.56 Å². The smallest absolute Gasteiger partial charge is 0.251 e. The van der Waals surface area contributed by atoms with Gasteiger partial charge in [0.15, 0.2) is 0 Å². The molecule has 0 saturated carbocycles. The molecular formula is C24H25N3O. The Morgan fingerprint density at radius 1 is 1.18 bits per heavy atom. The Hall–Kier alpha value is -2.90. The first-order valence-corrected chi connectivity index (χ1v) is 9.89. The second kappa shape index (κ2) is 7.26. The molecule has 1 atom stereocenters. The van der Waals surface area contributed by atoms with Crippen LogP contribution < -0.4 is 5.56 Å². The van der Waals surface area contributed by atoms with E-state index in [1.165, 1.54) is 11.1 Å². The second-order valence-electron chi connectivity index (χ2n) is 7.95. The third-order valence-corrected chi connectivity index (χ3v) is 5.94. The summed E-state index contributed by atoms with van der Waals surface area (Å²) in [6, 6.07) is 19.0. The van der Waals surface area contributed by atoms with Crippen molar-refractivity contribution in [2.75, 3.05) is 13.1 Å². The van der Waals surface area contributed by atoms with Crippen molar-refractivity contribution in [3.63, 3.8) is 0 Å². The lowest BCUT2D eigenvalue weighted by Gasteiger charge is -2.34. The van der Waals surface area contributed by atoms with Crippen LogP contribution in [0.5, 0.6) is 0 Å². The Kier molecular flexibility index (Phi) is 4.78. The van der Waals surface area contributed by atoms with E-state index in [9.17, 15) is 10.1 Å². The molecule has 3 aromatic rings. The van der Waals surface area contributed by atoms with Crippen LogP contribution in [0.2, 0.25) is 0 Å². The van der Waals surface area contributed by atoms with Crippen LogP contribution in [-0.2, 0) is 24.8 Å². The summed E-state index contributed by atoms with van der Waals surface area (Å²) in [6.07, 6.45) is 1.72. The highest BCUT2D eigenvalue weighted by Crippen LogP contribution is 2.29. The van der Waals surface area contributed by atoms with Crippen molar-refractivity contribution >= 4 is 10.9 Å². The number of H-pyrrole nitrogens is 1. The van der Waals surface area contributed by atoms with Crippen molar-refractivity contribution in [1.29, 1.82) is 5.26 Å². The third-order valence-electron chi connectivity index (χ3n) is 5.94. The van der Waals surface area contributed by atoms with Crippen LogP contribution >= 0.6 is 0 Å². The van der Waals surface area contributed by atoms with Crippen LogP contribution in [0.3, 0.4) is 0 Å². The molecule has 2 heterocycles. The summed E-state index contributed by atoms with van der Waals surface area (Å²) in [5.74, 6) is 0. The number of nitrogens with one attached hydrogen (secondary N) is 1. The summed E-state index contributed by atoms with van der Waals surface area (Å²) in [4.78, 5) is 17.5. The van der Waals surface area contributed by atoms with E-state index in [0.29, 0.717) is 13.0 Å². The lowest BCUT2D eigenvalue weighted by Crippen LogP contribution is -2.40. The Morgan fingerprint density at radius 2 is 1.96 bits per heavy atom. The minimum Gasteiger partial charge on any atom is -0.322 e. The van der Waals surface area contributed by atoms with Gasteiger partial charge in [-0.3, -0.25) is 9.69 Å². The summed E-state index contributed by atoms with van der Waals surface area (Å²) in [5.41, 5.74) is 4.61. The Bertz CT molecular complexity index is 1120. The van der Waals surface area contributed by atoms with E-state index in [-0.39, 0.29) is 5.56 Å². The summed E-state index contributed by atoms with van der Waals surface area (Å²) in [5, 5.41) is 11.0. The van der Waals surface area contributed by atoms with Gasteiger partial charge in [-0.15, -0.1) is 0 Å². The summed E-state index contributed by atoms with van der Waals surface area (Å²) in [7, 11) is 0. The number of fused-ring (bicyclic) bond motifs is 2. The maximum absolute atomic E-state index is 12.2. The van der Waals surface area contributed by atoms with Gasteiger partial charge in [0, 0.05) is 30.7 Å². The average molecular weight is 371 g/mol. The first-order valence-electron chi connectivity index (χ1n) is 9.89. The fraction of sp³-hybridized carbons (Fsp3) is 0.333. The number of aryl methyl sites for hydroxylation is 1. The maximum atomic E-state index is 12.2. The average Bonchev–Trinajstić information content (AvgIpc) is 2.72. The van der Waals surface area contributed by atoms with Crippen molar-refractivity contribution < 1.29 is 0 Å². The SMILES string of the molecule is CCc1cc2ccc(C(C)(C#N)CN3CCc4ccccc4C3)cc2[nH]c1=O. The van der Waals surface area contributed by atoms with E-state index in [1.807, 2.05) is 38.1 Å². The highest BCUT2D eigenvalue weighted by atomic mass is 16.1. The molecule has 0 saturated heterocycles. The first-order chi connectivity index (χ1) is 13.5. The van der Waals surface area contributed by atoms with E-state index in [1.54, 1.807) is 0 Å². The number of hydrogen-bond acceptors (Lipinski definition) is 3. The summed E-state index contributed by atoms with van der Waals surface area (Å²) >= 11 is 0. The maximum Gasteiger partial charge on any atom is 0.251 e. The number of nitriles is 1. The molecule has 4 heteroatoms. The van der Waals surface area contributed by atoms with Gasteiger partial charge in [0.05, 0.1) is 11.5 Å². The monoisotopic (exact) mass is 371 g/mol. The minimum absolute atomic E-state index is 0.0431. The van der Waals surface area contributed by atoms with E-state index in [2.05, 4.69) is 40.2 Å². The van der Waals surface area contributed by atoms with E-state index in [4.69, 9.17) is 0 Å². The lowest BCUT2D eigenvalue weighted by atomic mass is 9.82. The number of aromatic nitrogens is 1. The van der Waals surface area contributed by atoms with Gasteiger partial charge in [0.1, 0.15) is 0 Å². The van der Waals surface area contributed by atoms with Crippen LogP contribution in [-0.4, -0.2) is 23.0 Å². The molecule has 0 radical (unpaired) electrons. The van der Waals surface area contributed by atoms with E-state index in [0.717, 1.165) is 41.5 Å². The Labute approximate surface area is 165 Å². The van der Waals surface area contributed by atoms with Crippen LogP contribution in [0.4, 0.5) is 0 Å². The number of benzene rings is 2. The van der Waals surface area contributed by atoms with Crippen LogP contribution in [0.1, 0.15) is 36.1 Å². The standard InChI is InChI=1S/C24H25N3O/c1-3-17-12-19-8-9-21(13-22(19)26-23(17)28)24(2,15-25)16-27-11-10-18-6-4-5-7-20(18)14-27/h4-9,12-13H,3,10-11,14,16H2,1-2H3,(H,26,28). The van der Waals surface area contributed by atoms with Gasteiger partial charge in [-0.25, -0.2) is 0 Å². The topological polar surface area (TPSA) is 59.9 Å². The van der Waals surface area contributed by atoms with E-state index >= 15 is 0 Å². The van der Waals surface area contributed by atoms with Gasteiger partial charge in [-0.05, 0) is 54.0 Å². The third kappa shape index (κ3) is 3.34. The summed E-state index contributed by atoms with van der Waals surface area (Å²) < 4.78 is 0. The molecule has 1 aliphatic rings. The normalized spacial score (nSPS) is 16.3. The Morgan fingerprint density at radius 3 is 2.71 bits per heavy atom. The molecule has 0 aliphatic carbocycles. The molecule has 4 nitrogen and oxygen atoms in total. The number of rotatable bonds is 4. The zero-order valence-corrected chi connectivity index (χ0v) is 16.5. The van der Waals surface area contributed by atoms with Crippen molar-refractivity contribution in [2.24, 2.45) is 0 Å². The molecule has 1 aromatic heterocycles. The van der Waals surface area contributed by atoms with Crippen molar-refractivity contribution in [3.8, 4) is 6.07 Å². The number of nitrogens with zero attached hydrogens (tertiary/aromatic N) is 2. The molecular weight excluding hydrogens is 346 g/mol. The van der Waals surface area contributed by atoms with Gasteiger partial charge >= 0.3 is 0 Å². The van der Waals surface area contributed by atoms with Gasteiger partial charge in [0.2, 0.25) is 0 Å². The van der Waals surface area contributed by atoms with Crippen molar-refractivity contribution in [1.82, 2.24) is 9.88 Å². The predicted octanol–water partition coefficient (Wildman–Crippen LogP) is 3.93. The molecule has 0 bridgehead atoms. The van der Waals surface area contributed by atoms with Gasteiger partial charge in [-0.1, -0.05) is 43.3 Å². The summed E-state index contributed by atoms with van der Waals surface area (Å²) in [6.45, 7) is 6.47. The molecule has 1 unspecified atom stereocenters. The fourth-order valence-electron chi connectivity index (χ4n) is 4.18. The molecule has 28 heavy (non-hydrogen) atoms. The second-order valence-corrected chi connectivity index (χ2v) is 7.95. The number of hydrogen-bond donors (Lipinski definition) is 1. The Balaban J connectivity index is 1.64.